The lowest BCUT2D eigenvalue weighted by Crippen LogP contribution is -2.27. The first-order valence-corrected chi connectivity index (χ1v) is 11.8. The average Bonchev–Trinajstić information content (AvgIpc) is 2.73. The van der Waals surface area contributed by atoms with Crippen LogP contribution in [0.4, 0.5) is 10.6 Å². The molecule has 0 radical (unpaired) electrons. The molecule has 0 aliphatic rings. The number of amides is 1. The van der Waals surface area contributed by atoms with E-state index in [4.69, 9.17) is 4.74 Å². The smallest absolute Gasteiger partial charge is 0.413 e. The first-order valence-electron chi connectivity index (χ1n) is 11.8. The van der Waals surface area contributed by atoms with E-state index in [1.165, 1.54) is 6.42 Å². The van der Waals surface area contributed by atoms with E-state index >= 15 is 0 Å². The molecular weight excluding hydrogens is 426 g/mol. The summed E-state index contributed by atoms with van der Waals surface area (Å²) in [6, 6.07) is 3.68. The maximum Gasteiger partial charge on any atom is 0.413 e. The number of hydrogen-bond acceptors (Lipinski definition) is 5. The third-order valence-electron chi connectivity index (χ3n) is 4.45. The third kappa shape index (κ3) is 9.30. The van der Waals surface area contributed by atoms with Crippen molar-refractivity contribution in [1.29, 1.82) is 0 Å². The normalized spacial score (nSPS) is 12.0. The van der Waals surface area contributed by atoms with Gasteiger partial charge in [-0.05, 0) is 70.4 Å². The van der Waals surface area contributed by atoms with Crippen LogP contribution < -0.4 is 5.32 Å². The van der Waals surface area contributed by atoms with Crippen molar-refractivity contribution in [1.82, 2.24) is 9.97 Å². The molecule has 0 spiro atoms. The number of Topliss-reactive ketones (excluding diaryl/α,β-unsaturated/α-hetero) is 1. The zero-order chi connectivity index (χ0) is 25.9. The Kier molecular flexibility index (Phi) is 11.4. The van der Waals surface area contributed by atoms with Gasteiger partial charge >= 0.3 is 6.09 Å². The van der Waals surface area contributed by atoms with Gasteiger partial charge in [0.2, 0.25) is 0 Å². The first kappa shape index (κ1) is 28.8. The Morgan fingerprint density at radius 1 is 1.09 bits per heavy atom. The molecule has 0 fully saturated rings. The van der Waals surface area contributed by atoms with Gasteiger partial charge in [-0.25, -0.2) is 9.78 Å². The van der Waals surface area contributed by atoms with Crippen molar-refractivity contribution in [2.45, 2.75) is 80.3 Å². The van der Waals surface area contributed by atoms with E-state index in [0.29, 0.717) is 17.8 Å². The highest BCUT2D eigenvalue weighted by atomic mass is 16.6. The lowest BCUT2D eigenvalue weighted by Gasteiger charge is -2.19. The van der Waals surface area contributed by atoms with Gasteiger partial charge in [-0.3, -0.25) is 15.1 Å². The highest BCUT2D eigenvalue weighted by Crippen LogP contribution is 2.26. The zero-order valence-electron chi connectivity index (χ0n) is 21.9. The molecule has 0 saturated carbocycles. The Morgan fingerprint density at radius 3 is 2.24 bits per heavy atom. The van der Waals surface area contributed by atoms with Crippen LogP contribution in [0, 0.1) is 0 Å². The molecule has 0 saturated heterocycles. The molecule has 0 aliphatic heterocycles. The Labute approximate surface area is 204 Å². The number of ether oxygens (including phenoxy) is 1. The number of carbonyl (C=O) groups excluding carboxylic acids is 2. The maximum atomic E-state index is 12.1. The van der Waals surface area contributed by atoms with Crippen LogP contribution in [0.5, 0.6) is 0 Å². The second-order valence-corrected chi connectivity index (χ2v) is 9.05. The molecule has 0 unspecified atom stereocenters. The minimum absolute atomic E-state index is 0.0537. The van der Waals surface area contributed by atoms with E-state index in [2.05, 4.69) is 35.7 Å². The molecule has 0 atom stereocenters. The Bertz CT molecular complexity index is 1080. The molecule has 6 heteroatoms. The average molecular weight is 466 g/mol. The molecule has 2 heterocycles. The van der Waals surface area contributed by atoms with Crippen molar-refractivity contribution in [2.75, 3.05) is 5.32 Å². The van der Waals surface area contributed by atoms with Crippen molar-refractivity contribution >= 4 is 34.0 Å². The number of nitrogens with one attached hydrogen (secondary N) is 1. The Balaban J connectivity index is 0.00000182. The van der Waals surface area contributed by atoms with Crippen LogP contribution in [0.25, 0.3) is 16.3 Å². The summed E-state index contributed by atoms with van der Waals surface area (Å²) in [5.74, 6) is 0.447. The largest absolute Gasteiger partial charge is 0.444 e. The maximum absolute atomic E-state index is 12.1. The van der Waals surface area contributed by atoms with E-state index in [1.807, 2.05) is 39.0 Å². The van der Waals surface area contributed by atoms with Gasteiger partial charge < -0.3 is 4.74 Å². The number of aromatic nitrogens is 2. The molecule has 34 heavy (non-hydrogen) atoms. The first-order chi connectivity index (χ1) is 15.9. The number of anilines is 1. The minimum atomic E-state index is -0.585. The molecule has 6 nitrogen and oxygen atoms in total. The summed E-state index contributed by atoms with van der Waals surface area (Å²) in [7, 11) is 0. The van der Waals surface area contributed by atoms with Crippen molar-refractivity contribution in [3.05, 3.63) is 60.1 Å². The SMILES string of the molecule is C=C(/C=C(C)\C(=C/C)c1cc2cnc(NC(=O)OC(C)(C)C)cc2cn1)C(=O)CCC.CCC. The predicted molar refractivity (Wildman–Crippen MR) is 142 cm³/mol. The molecule has 2 aromatic rings. The molecule has 0 aliphatic carbocycles. The second-order valence-electron chi connectivity index (χ2n) is 9.05. The summed E-state index contributed by atoms with van der Waals surface area (Å²) < 4.78 is 5.26. The fourth-order valence-electron chi connectivity index (χ4n) is 3.05. The standard InChI is InChI=1S/C25H31N3O3.C3H8/c1-8-10-22(29)17(4)11-16(3)20(9-2)21-12-18-15-27-23(13-19(18)14-26-21)28-24(30)31-25(5,6)7;1-3-2/h9,11-15H,4,8,10H2,1-3,5-7H3,(H,27,28,30);3H2,1-2H3/b16-11-,20-9+;. The number of hydrogen-bond donors (Lipinski definition) is 1. The lowest BCUT2D eigenvalue weighted by atomic mass is 9.98. The lowest BCUT2D eigenvalue weighted by molar-refractivity contribution is -0.115. The quantitative estimate of drug-likeness (QED) is 0.335. The third-order valence-corrected chi connectivity index (χ3v) is 4.45. The molecule has 0 aromatic carbocycles. The fourth-order valence-corrected chi connectivity index (χ4v) is 3.05. The van der Waals surface area contributed by atoms with Gasteiger partial charge in [0.05, 0.1) is 5.69 Å². The van der Waals surface area contributed by atoms with Gasteiger partial charge in [-0.1, -0.05) is 39.8 Å². The van der Waals surface area contributed by atoms with Crippen molar-refractivity contribution in [3.8, 4) is 0 Å². The van der Waals surface area contributed by atoms with Crippen LogP contribution in [0.2, 0.25) is 0 Å². The van der Waals surface area contributed by atoms with Crippen LogP contribution in [0.1, 0.15) is 80.3 Å². The monoisotopic (exact) mass is 465 g/mol. The molecule has 2 aromatic heterocycles. The van der Waals surface area contributed by atoms with Crippen molar-refractivity contribution in [3.63, 3.8) is 0 Å². The van der Waals surface area contributed by atoms with Crippen molar-refractivity contribution in [2.24, 2.45) is 0 Å². The Morgan fingerprint density at radius 2 is 1.68 bits per heavy atom. The summed E-state index contributed by atoms with van der Waals surface area (Å²) >= 11 is 0. The summed E-state index contributed by atoms with van der Waals surface area (Å²) in [4.78, 5) is 32.9. The van der Waals surface area contributed by atoms with E-state index in [1.54, 1.807) is 39.2 Å². The molecule has 184 valence electrons. The van der Waals surface area contributed by atoms with Gasteiger partial charge in [0, 0.05) is 35.2 Å². The summed E-state index contributed by atoms with van der Waals surface area (Å²) in [5.41, 5.74) is 2.52. The second kappa shape index (κ2) is 13.4. The van der Waals surface area contributed by atoms with E-state index in [-0.39, 0.29) is 5.78 Å². The molecule has 0 bridgehead atoms. The van der Waals surface area contributed by atoms with E-state index in [0.717, 1.165) is 34.0 Å². The fraction of sp³-hybridized carbons (Fsp3) is 0.429. The van der Waals surface area contributed by atoms with Gasteiger partial charge in [-0.2, -0.15) is 0 Å². The number of allylic oxidation sites excluding steroid dienone is 5. The number of rotatable bonds is 7. The Hall–Kier alpha value is -3.28. The van der Waals surface area contributed by atoms with Gasteiger partial charge in [0.15, 0.2) is 5.78 Å². The van der Waals surface area contributed by atoms with Crippen molar-refractivity contribution < 1.29 is 14.3 Å². The zero-order valence-corrected chi connectivity index (χ0v) is 21.9. The van der Waals surface area contributed by atoms with Crippen LogP contribution in [0.15, 0.2) is 54.4 Å². The number of fused-ring (bicyclic) bond motifs is 1. The number of nitrogens with zero attached hydrogens (tertiary/aromatic N) is 2. The molecular formula is C28H39N3O3. The van der Waals surface area contributed by atoms with Gasteiger partial charge in [0.25, 0.3) is 0 Å². The van der Waals surface area contributed by atoms with Gasteiger partial charge in [0.1, 0.15) is 11.4 Å². The topological polar surface area (TPSA) is 81.2 Å². The van der Waals surface area contributed by atoms with Crippen LogP contribution in [0.3, 0.4) is 0 Å². The molecule has 1 N–H and O–H groups in total. The summed E-state index contributed by atoms with van der Waals surface area (Å²) in [6.45, 7) is 19.4. The number of carbonyl (C=O) groups is 2. The van der Waals surface area contributed by atoms with Gasteiger partial charge in [-0.15, -0.1) is 0 Å². The van der Waals surface area contributed by atoms with Crippen LogP contribution in [-0.2, 0) is 9.53 Å². The highest BCUT2D eigenvalue weighted by molar-refractivity contribution is 5.98. The number of pyridine rings is 2. The summed E-state index contributed by atoms with van der Waals surface area (Å²) in [6.07, 6.45) is 9.18. The summed E-state index contributed by atoms with van der Waals surface area (Å²) in [5, 5.41) is 4.36. The van der Waals surface area contributed by atoms with Crippen LogP contribution >= 0.6 is 0 Å². The minimum Gasteiger partial charge on any atom is -0.444 e. The van der Waals surface area contributed by atoms with E-state index in [9.17, 15) is 9.59 Å². The predicted octanol–water partition coefficient (Wildman–Crippen LogP) is 7.67. The number of ketones is 1. The highest BCUT2D eigenvalue weighted by Gasteiger charge is 2.17. The van der Waals surface area contributed by atoms with E-state index < -0.39 is 11.7 Å². The molecule has 2 rings (SSSR count). The molecule has 1 amide bonds. The van der Waals surface area contributed by atoms with Crippen LogP contribution in [-0.4, -0.2) is 27.4 Å².